The predicted octanol–water partition coefficient (Wildman–Crippen LogP) is 4.04. The summed E-state index contributed by atoms with van der Waals surface area (Å²) < 4.78 is 0. The molecule has 1 saturated heterocycles. The Morgan fingerprint density at radius 2 is 1.96 bits per heavy atom. The number of nitrogens with one attached hydrogen (secondary N) is 1. The molecule has 1 amide bonds. The Morgan fingerprint density at radius 1 is 1.11 bits per heavy atom. The van der Waals surface area contributed by atoms with E-state index in [4.69, 9.17) is 5.73 Å². The van der Waals surface area contributed by atoms with Gasteiger partial charge in [-0.05, 0) is 49.3 Å². The molecule has 5 nitrogen and oxygen atoms in total. The standard InChI is InChI=1S/C23H26N4O/c24-23-13-5-4-10-20(23)17(16-7-2-1-3-8-16)12-14-27(23)22(28)18-9-6-11-21-19(18)15-25-26-21/h1-3,6-9,11,15,17,20H,4-5,10,12-14,24H2,(H,25,26)/t17-,20-,23-/m1/s1. The molecule has 2 heterocycles. The molecule has 1 aromatic heterocycles. The highest BCUT2D eigenvalue weighted by molar-refractivity contribution is 6.06. The van der Waals surface area contributed by atoms with E-state index in [9.17, 15) is 4.79 Å². The fourth-order valence-corrected chi connectivity index (χ4v) is 5.46. The highest BCUT2D eigenvalue weighted by Gasteiger charge is 2.51. The van der Waals surface area contributed by atoms with Crippen LogP contribution < -0.4 is 5.73 Å². The number of carbonyl (C=O) groups is 1. The molecule has 1 aliphatic heterocycles. The quantitative estimate of drug-likeness (QED) is 0.711. The summed E-state index contributed by atoms with van der Waals surface area (Å²) in [6.45, 7) is 0.694. The summed E-state index contributed by atoms with van der Waals surface area (Å²) in [5.41, 5.74) is 9.43. The lowest BCUT2D eigenvalue weighted by molar-refractivity contribution is -0.0273. The number of likely N-dealkylation sites (tertiary alicyclic amines) is 1. The molecular formula is C23H26N4O. The lowest BCUT2D eigenvalue weighted by Crippen LogP contribution is -2.67. The Balaban J connectivity index is 1.53. The number of rotatable bonds is 2. The second-order valence-corrected chi connectivity index (χ2v) is 8.24. The first-order valence-electron chi connectivity index (χ1n) is 10.3. The minimum Gasteiger partial charge on any atom is -0.320 e. The molecule has 1 saturated carbocycles. The van der Waals surface area contributed by atoms with Gasteiger partial charge in [0.15, 0.2) is 0 Å². The minimum absolute atomic E-state index is 0.0351. The number of hydrogen-bond acceptors (Lipinski definition) is 3. The van der Waals surface area contributed by atoms with Gasteiger partial charge in [-0.25, -0.2) is 0 Å². The zero-order valence-electron chi connectivity index (χ0n) is 16.0. The normalized spacial score (nSPS) is 27.5. The van der Waals surface area contributed by atoms with Crippen LogP contribution in [0.4, 0.5) is 0 Å². The Morgan fingerprint density at radius 3 is 2.82 bits per heavy atom. The molecule has 1 aliphatic carbocycles. The van der Waals surface area contributed by atoms with Crippen LogP contribution in [-0.2, 0) is 0 Å². The first kappa shape index (κ1) is 17.4. The van der Waals surface area contributed by atoms with Crippen molar-refractivity contribution in [3.8, 4) is 0 Å². The summed E-state index contributed by atoms with van der Waals surface area (Å²) in [6.07, 6.45) is 6.91. The van der Waals surface area contributed by atoms with Crippen molar-refractivity contribution in [2.45, 2.75) is 43.7 Å². The molecule has 3 N–H and O–H groups in total. The smallest absolute Gasteiger partial charge is 0.256 e. The Hall–Kier alpha value is -2.66. The van der Waals surface area contributed by atoms with Crippen molar-refractivity contribution in [3.63, 3.8) is 0 Å². The third-order valence-electron chi connectivity index (χ3n) is 6.82. The van der Waals surface area contributed by atoms with Crippen LogP contribution in [0.25, 0.3) is 10.9 Å². The number of aromatic amines is 1. The molecule has 0 spiro atoms. The van der Waals surface area contributed by atoms with Crippen molar-refractivity contribution in [3.05, 3.63) is 65.9 Å². The van der Waals surface area contributed by atoms with E-state index in [2.05, 4.69) is 40.5 Å². The van der Waals surface area contributed by atoms with Gasteiger partial charge in [-0.3, -0.25) is 9.89 Å². The molecule has 28 heavy (non-hydrogen) atoms. The summed E-state index contributed by atoms with van der Waals surface area (Å²) in [4.78, 5) is 15.6. The summed E-state index contributed by atoms with van der Waals surface area (Å²) >= 11 is 0. The number of H-pyrrole nitrogens is 1. The van der Waals surface area contributed by atoms with E-state index in [1.807, 2.05) is 23.1 Å². The lowest BCUT2D eigenvalue weighted by atomic mass is 9.66. The number of piperidine rings is 1. The molecule has 2 aliphatic rings. The third kappa shape index (κ3) is 2.65. The number of aromatic nitrogens is 2. The van der Waals surface area contributed by atoms with Gasteiger partial charge in [0.25, 0.3) is 5.91 Å². The molecule has 0 radical (unpaired) electrons. The predicted molar refractivity (Wildman–Crippen MR) is 110 cm³/mol. The van der Waals surface area contributed by atoms with E-state index in [0.29, 0.717) is 23.9 Å². The molecule has 0 unspecified atom stereocenters. The fraction of sp³-hybridized carbons (Fsp3) is 0.391. The van der Waals surface area contributed by atoms with Gasteiger partial charge in [0, 0.05) is 17.8 Å². The number of nitrogens with zero attached hydrogens (tertiary/aromatic N) is 2. The number of fused-ring (bicyclic) bond motifs is 2. The van der Waals surface area contributed by atoms with Crippen LogP contribution >= 0.6 is 0 Å². The molecule has 0 bridgehead atoms. The Bertz CT molecular complexity index is 998. The van der Waals surface area contributed by atoms with Gasteiger partial charge in [-0.15, -0.1) is 0 Å². The number of nitrogens with two attached hydrogens (primary N) is 1. The summed E-state index contributed by atoms with van der Waals surface area (Å²) in [6, 6.07) is 16.4. The van der Waals surface area contributed by atoms with Crippen LogP contribution in [0.5, 0.6) is 0 Å². The van der Waals surface area contributed by atoms with Crippen LogP contribution in [0.1, 0.15) is 53.9 Å². The average Bonchev–Trinajstić information content (AvgIpc) is 3.21. The third-order valence-corrected chi connectivity index (χ3v) is 6.82. The van der Waals surface area contributed by atoms with Crippen molar-refractivity contribution in [2.75, 3.05) is 6.54 Å². The number of carbonyl (C=O) groups excluding carboxylic acids is 1. The van der Waals surface area contributed by atoms with Crippen LogP contribution in [0.3, 0.4) is 0 Å². The topological polar surface area (TPSA) is 75.0 Å². The van der Waals surface area contributed by atoms with E-state index in [1.165, 1.54) is 12.0 Å². The van der Waals surface area contributed by atoms with Crippen LogP contribution in [0, 0.1) is 5.92 Å². The lowest BCUT2D eigenvalue weighted by Gasteiger charge is -2.55. The maximum atomic E-state index is 13.6. The largest absolute Gasteiger partial charge is 0.320 e. The minimum atomic E-state index is -0.583. The monoisotopic (exact) mass is 374 g/mol. The Kier molecular flexibility index (Phi) is 4.20. The maximum Gasteiger partial charge on any atom is 0.256 e. The molecule has 144 valence electrons. The number of hydrogen-bond donors (Lipinski definition) is 2. The molecule has 2 aromatic carbocycles. The molecule has 3 atom stereocenters. The van der Waals surface area contributed by atoms with E-state index in [-0.39, 0.29) is 5.91 Å². The molecule has 5 heteroatoms. The van der Waals surface area contributed by atoms with Gasteiger partial charge in [-0.2, -0.15) is 5.10 Å². The van der Waals surface area contributed by atoms with E-state index in [0.717, 1.165) is 36.6 Å². The fourth-order valence-electron chi connectivity index (χ4n) is 5.46. The van der Waals surface area contributed by atoms with Crippen LogP contribution in [0.2, 0.25) is 0 Å². The first-order chi connectivity index (χ1) is 13.7. The van der Waals surface area contributed by atoms with Gasteiger partial charge in [0.05, 0.1) is 22.9 Å². The molecular weight excluding hydrogens is 348 g/mol. The van der Waals surface area contributed by atoms with Crippen molar-refractivity contribution in [2.24, 2.45) is 11.7 Å². The molecule has 5 rings (SSSR count). The van der Waals surface area contributed by atoms with Gasteiger partial charge in [0.1, 0.15) is 0 Å². The zero-order chi connectivity index (χ0) is 19.1. The van der Waals surface area contributed by atoms with E-state index < -0.39 is 5.66 Å². The van der Waals surface area contributed by atoms with Crippen molar-refractivity contribution < 1.29 is 4.79 Å². The molecule has 2 fully saturated rings. The summed E-state index contributed by atoms with van der Waals surface area (Å²) in [5, 5.41) is 7.94. The van der Waals surface area contributed by atoms with Crippen molar-refractivity contribution in [1.29, 1.82) is 0 Å². The van der Waals surface area contributed by atoms with Crippen molar-refractivity contribution in [1.82, 2.24) is 15.1 Å². The van der Waals surface area contributed by atoms with E-state index in [1.54, 1.807) is 6.20 Å². The summed E-state index contributed by atoms with van der Waals surface area (Å²) in [5.74, 6) is 0.748. The maximum absolute atomic E-state index is 13.6. The van der Waals surface area contributed by atoms with Gasteiger partial charge in [0.2, 0.25) is 0 Å². The summed E-state index contributed by atoms with van der Waals surface area (Å²) in [7, 11) is 0. The van der Waals surface area contributed by atoms with Gasteiger partial charge < -0.3 is 10.6 Å². The van der Waals surface area contributed by atoms with E-state index >= 15 is 0 Å². The van der Waals surface area contributed by atoms with Gasteiger partial charge in [-0.1, -0.05) is 42.8 Å². The highest BCUT2D eigenvalue weighted by Crippen LogP contribution is 2.48. The second-order valence-electron chi connectivity index (χ2n) is 8.24. The zero-order valence-corrected chi connectivity index (χ0v) is 16.0. The second kappa shape index (κ2) is 6.74. The number of amides is 1. The van der Waals surface area contributed by atoms with Crippen LogP contribution in [0.15, 0.2) is 54.7 Å². The SMILES string of the molecule is N[C@@]12CCCC[C@@H]1[C@@H](c1ccccc1)CCN2C(=O)c1cccc2[nH]ncc12. The van der Waals surface area contributed by atoms with Crippen molar-refractivity contribution >= 4 is 16.8 Å². The highest BCUT2D eigenvalue weighted by atomic mass is 16.2. The van der Waals surface area contributed by atoms with Gasteiger partial charge >= 0.3 is 0 Å². The first-order valence-corrected chi connectivity index (χ1v) is 10.3. The molecule has 3 aromatic rings. The van der Waals surface area contributed by atoms with Crippen LogP contribution in [-0.4, -0.2) is 33.2 Å². The Labute approximate surface area is 164 Å². The average molecular weight is 374 g/mol. The number of benzene rings is 2.